The molecule has 0 saturated heterocycles. The van der Waals surface area contributed by atoms with Gasteiger partial charge in [-0.05, 0) is 25.8 Å². The standard InChI is InChI=1S/C19H34O2/c1-4-5-6-7-8-9-10-11-12-13-14-15-16-17-21-19(20)18(2)3/h16-17H,2,4-15H2,1,3H3. The lowest BCUT2D eigenvalue weighted by Gasteiger charge is -2.01. The van der Waals surface area contributed by atoms with E-state index in [1.807, 2.05) is 6.08 Å². The Morgan fingerprint density at radius 3 is 1.86 bits per heavy atom. The summed E-state index contributed by atoms with van der Waals surface area (Å²) >= 11 is 0. The van der Waals surface area contributed by atoms with E-state index in [0.717, 1.165) is 6.42 Å². The lowest BCUT2D eigenvalue weighted by Crippen LogP contribution is -1.98. The SMILES string of the molecule is C=C(C)C(=O)OC=CCCCCCCCCCCCCC. The number of carbonyl (C=O) groups is 1. The van der Waals surface area contributed by atoms with Crippen LogP contribution in [0.3, 0.4) is 0 Å². The van der Waals surface area contributed by atoms with Gasteiger partial charge in [0.05, 0.1) is 6.26 Å². The van der Waals surface area contributed by atoms with E-state index in [1.165, 1.54) is 76.9 Å². The molecule has 0 N–H and O–H groups in total. The molecule has 0 spiro atoms. The quantitative estimate of drug-likeness (QED) is 0.162. The maximum Gasteiger partial charge on any atom is 0.337 e. The molecule has 0 rings (SSSR count). The number of hydrogen-bond donors (Lipinski definition) is 0. The summed E-state index contributed by atoms with van der Waals surface area (Å²) in [6.07, 6.45) is 19.3. The Labute approximate surface area is 131 Å². The van der Waals surface area contributed by atoms with Crippen LogP contribution in [0.1, 0.15) is 90.9 Å². The highest BCUT2D eigenvalue weighted by molar-refractivity contribution is 5.87. The zero-order valence-corrected chi connectivity index (χ0v) is 14.2. The highest BCUT2D eigenvalue weighted by Gasteiger charge is 1.98. The van der Waals surface area contributed by atoms with E-state index in [0.29, 0.717) is 5.57 Å². The molecule has 0 aliphatic rings. The Bertz CT molecular complexity index is 292. The van der Waals surface area contributed by atoms with Crippen LogP contribution in [-0.2, 0) is 9.53 Å². The average Bonchev–Trinajstić information content (AvgIpc) is 2.47. The number of esters is 1. The van der Waals surface area contributed by atoms with Crippen molar-refractivity contribution in [3.05, 3.63) is 24.5 Å². The topological polar surface area (TPSA) is 26.3 Å². The van der Waals surface area contributed by atoms with Gasteiger partial charge in [-0.15, -0.1) is 0 Å². The zero-order valence-electron chi connectivity index (χ0n) is 14.2. The second-order valence-electron chi connectivity index (χ2n) is 5.88. The van der Waals surface area contributed by atoms with Crippen LogP contribution in [0.5, 0.6) is 0 Å². The lowest BCUT2D eigenvalue weighted by atomic mass is 10.1. The molecule has 0 aromatic carbocycles. The van der Waals surface area contributed by atoms with Gasteiger partial charge in [-0.25, -0.2) is 4.79 Å². The first-order chi connectivity index (χ1) is 10.2. The smallest absolute Gasteiger partial charge is 0.337 e. The number of ether oxygens (including phenoxy) is 1. The van der Waals surface area contributed by atoms with Crippen molar-refractivity contribution < 1.29 is 9.53 Å². The average molecular weight is 294 g/mol. The van der Waals surface area contributed by atoms with E-state index in [4.69, 9.17) is 4.74 Å². The van der Waals surface area contributed by atoms with Crippen LogP contribution in [0, 0.1) is 0 Å². The first kappa shape index (κ1) is 19.9. The van der Waals surface area contributed by atoms with Crippen molar-refractivity contribution in [3.8, 4) is 0 Å². The molecule has 0 unspecified atom stereocenters. The van der Waals surface area contributed by atoms with Gasteiger partial charge < -0.3 is 4.74 Å². The van der Waals surface area contributed by atoms with Crippen LogP contribution in [0.2, 0.25) is 0 Å². The van der Waals surface area contributed by atoms with E-state index in [9.17, 15) is 4.79 Å². The maximum absolute atomic E-state index is 11.1. The Morgan fingerprint density at radius 1 is 0.905 bits per heavy atom. The number of hydrogen-bond acceptors (Lipinski definition) is 2. The monoisotopic (exact) mass is 294 g/mol. The van der Waals surface area contributed by atoms with E-state index in [1.54, 1.807) is 6.92 Å². The largest absolute Gasteiger partial charge is 0.431 e. The molecule has 0 aliphatic heterocycles. The highest BCUT2D eigenvalue weighted by Crippen LogP contribution is 2.12. The molecule has 2 nitrogen and oxygen atoms in total. The number of allylic oxidation sites excluding steroid dienone is 1. The first-order valence-electron chi connectivity index (χ1n) is 8.70. The predicted molar refractivity (Wildman–Crippen MR) is 91.1 cm³/mol. The van der Waals surface area contributed by atoms with E-state index >= 15 is 0 Å². The molecule has 0 fully saturated rings. The predicted octanol–water partition coefficient (Wildman–Crippen LogP) is 6.32. The summed E-state index contributed by atoms with van der Waals surface area (Å²) < 4.78 is 4.88. The molecule has 2 heteroatoms. The normalized spacial score (nSPS) is 11.0. The van der Waals surface area contributed by atoms with Gasteiger partial charge in [0.25, 0.3) is 0 Å². The first-order valence-corrected chi connectivity index (χ1v) is 8.70. The van der Waals surface area contributed by atoms with Crippen molar-refractivity contribution in [1.29, 1.82) is 0 Å². The van der Waals surface area contributed by atoms with Crippen molar-refractivity contribution in [2.24, 2.45) is 0 Å². The van der Waals surface area contributed by atoms with E-state index < -0.39 is 0 Å². The fraction of sp³-hybridized carbons (Fsp3) is 0.737. The highest BCUT2D eigenvalue weighted by atomic mass is 16.5. The lowest BCUT2D eigenvalue weighted by molar-refractivity contribution is -0.133. The second-order valence-corrected chi connectivity index (χ2v) is 5.88. The third-order valence-electron chi connectivity index (χ3n) is 3.59. The molecule has 0 amide bonds. The van der Waals surface area contributed by atoms with E-state index in [2.05, 4.69) is 13.5 Å². The van der Waals surface area contributed by atoms with Crippen LogP contribution in [0.4, 0.5) is 0 Å². The van der Waals surface area contributed by atoms with Gasteiger partial charge in [0.1, 0.15) is 0 Å². The summed E-state index contributed by atoms with van der Waals surface area (Å²) in [4.78, 5) is 11.1. The van der Waals surface area contributed by atoms with Crippen LogP contribution in [0.25, 0.3) is 0 Å². The Hall–Kier alpha value is -1.05. The summed E-state index contributed by atoms with van der Waals surface area (Å²) in [6.45, 7) is 7.45. The Morgan fingerprint density at radius 2 is 1.38 bits per heavy atom. The van der Waals surface area contributed by atoms with Gasteiger partial charge in [0, 0.05) is 5.57 Å². The molecule has 21 heavy (non-hydrogen) atoms. The third kappa shape index (κ3) is 15.2. The molecule has 122 valence electrons. The molecule has 0 atom stereocenters. The molecular formula is C19H34O2. The van der Waals surface area contributed by atoms with Gasteiger partial charge in [0.2, 0.25) is 0 Å². The fourth-order valence-corrected chi connectivity index (χ4v) is 2.20. The Kier molecular flexibility index (Phi) is 14.6. The van der Waals surface area contributed by atoms with Crippen LogP contribution in [-0.4, -0.2) is 5.97 Å². The van der Waals surface area contributed by atoms with Gasteiger partial charge in [0.15, 0.2) is 0 Å². The fourth-order valence-electron chi connectivity index (χ4n) is 2.20. The Balaban J connectivity index is 3.17. The van der Waals surface area contributed by atoms with Gasteiger partial charge in [-0.2, -0.15) is 0 Å². The number of carbonyl (C=O) groups excluding carboxylic acids is 1. The molecule has 0 radical (unpaired) electrons. The van der Waals surface area contributed by atoms with Crippen LogP contribution in [0.15, 0.2) is 24.5 Å². The molecule has 0 aromatic rings. The summed E-state index contributed by atoms with van der Waals surface area (Å²) in [5.41, 5.74) is 0.439. The minimum Gasteiger partial charge on any atom is -0.431 e. The molecular weight excluding hydrogens is 260 g/mol. The van der Waals surface area contributed by atoms with Gasteiger partial charge in [-0.3, -0.25) is 0 Å². The second kappa shape index (κ2) is 15.3. The molecule has 0 bridgehead atoms. The number of unbranched alkanes of at least 4 members (excludes halogenated alkanes) is 11. The summed E-state index contributed by atoms with van der Waals surface area (Å²) in [5.74, 6) is -0.342. The minimum atomic E-state index is -0.342. The van der Waals surface area contributed by atoms with Gasteiger partial charge in [-0.1, -0.05) is 77.7 Å². The molecule has 0 aromatic heterocycles. The minimum absolute atomic E-state index is 0.342. The summed E-state index contributed by atoms with van der Waals surface area (Å²) in [7, 11) is 0. The molecule has 0 aliphatic carbocycles. The third-order valence-corrected chi connectivity index (χ3v) is 3.59. The van der Waals surface area contributed by atoms with E-state index in [-0.39, 0.29) is 5.97 Å². The molecule has 0 heterocycles. The zero-order chi connectivity index (χ0) is 15.8. The maximum atomic E-state index is 11.1. The van der Waals surface area contributed by atoms with Crippen molar-refractivity contribution in [2.75, 3.05) is 0 Å². The van der Waals surface area contributed by atoms with Crippen molar-refractivity contribution in [1.82, 2.24) is 0 Å². The molecule has 0 saturated carbocycles. The van der Waals surface area contributed by atoms with Gasteiger partial charge >= 0.3 is 5.97 Å². The summed E-state index contributed by atoms with van der Waals surface area (Å²) in [6, 6.07) is 0. The van der Waals surface area contributed by atoms with Crippen molar-refractivity contribution in [2.45, 2.75) is 90.9 Å². The van der Waals surface area contributed by atoms with Crippen molar-refractivity contribution >= 4 is 5.97 Å². The van der Waals surface area contributed by atoms with Crippen LogP contribution < -0.4 is 0 Å². The van der Waals surface area contributed by atoms with Crippen LogP contribution >= 0.6 is 0 Å². The summed E-state index contributed by atoms with van der Waals surface area (Å²) in [5, 5.41) is 0. The number of rotatable bonds is 14. The van der Waals surface area contributed by atoms with Crippen molar-refractivity contribution in [3.63, 3.8) is 0 Å².